The molecule has 1 aliphatic rings. The lowest BCUT2D eigenvalue weighted by Crippen LogP contribution is -2.30. The number of Topliss-reactive ketones (excluding diaryl/α,β-unsaturated/α-hetero) is 1. The van der Waals surface area contributed by atoms with Crippen molar-refractivity contribution in [2.45, 2.75) is 26.4 Å². The third-order valence-corrected chi connectivity index (χ3v) is 5.58. The maximum Gasteiger partial charge on any atom is 0.312 e. The van der Waals surface area contributed by atoms with Crippen molar-refractivity contribution in [3.05, 3.63) is 90.0 Å². The molecule has 0 bridgehead atoms. The molecule has 2 atom stereocenters. The van der Waals surface area contributed by atoms with Crippen molar-refractivity contribution in [1.29, 1.82) is 0 Å². The van der Waals surface area contributed by atoms with Crippen LogP contribution in [-0.4, -0.2) is 30.3 Å². The third kappa shape index (κ3) is 5.29. The van der Waals surface area contributed by atoms with Gasteiger partial charge in [0.25, 0.3) is 0 Å². The van der Waals surface area contributed by atoms with Gasteiger partial charge in [-0.2, -0.15) is 0 Å². The lowest BCUT2D eigenvalue weighted by Gasteiger charge is -2.18. The van der Waals surface area contributed by atoms with Gasteiger partial charge in [0.05, 0.1) is 5.92 Å². The maximum absolute atomic E-state index is 12.6. The molecule has 0 radical (unpaired) electrons. The zero-order valence-corrected chi connectivity index (χ0v) is 18.6. The van der Waals surface area contributed by atoms with Crippen molar-refractivity contribution < 1.29 is 23.9 Å². The van der Waals surface area contributed by atoms with Crippen LogP contribution in [0.15, 0.2) is 78.9 Å². The van der Waals surface area contributed by atoms with Crippen LogP contribution >= 0.6 is 0 Å². The summed E-state index contributed by atoms with van der Waals surface area (Å²) in [6, 6.07) is 23.6. The van der Waals surface area contributed by atoms with Crippen LogP contribution in [0.4, 0.5) is 5.69 Å². The Morgan fingerprint density at radius 2 is 1.52 bits per heavy atom. The molecule has 33 heavy (non-hydrogen) atoms. The zero-order chi connectivity index (χ0) is 23.4. The minimum absolute atomic E-state index is 0.0483. The molecule has 0 saturated carbocycles. The molecule has 0 unspecified atom stereocenters. The van der Waals surface area contributed by atoms with E-state index in [0.717, 1.165) is 11.3 Å². The molecular weight excluding hydrogens is 418 g/mol. The summed E-state index contributed by atoms with van der Waals surface area (Å²) in [5.74, 6) is -0.208. The number of esters is 1. The molecule has 4 rings (SSSR count). The fraction of sp³-hybridized carbons (Fsp3) is 0.222. The number of amides is 1. The van der Waals surface area contributed by atoms with Crippen LogP contribution in [0.1, 0.15) is 29.3 Å². The molecule has 3 aromatic carbocycles. The fourth-order valence-electron chi connectivity index (χ4n) is 3.71. The predicted octanol–water partition coefficient (Wildman–Crippen LogP) is 4.95. The van der Waals surface area contributed by atoms with E-state index in [4.69, 9.17) is 9.47 Å². The van der Waals surface area contributed by atoms with Crippen LogP contribution < -0.4 is 9.64 Å². The van der Waals surface area contributed by atoms with E-state index in [-0.39, 0.29) is 24.7 Å². The molecule has 3 aromatic rings. The van der Waals surface area contributed by atoms with E-state index < -0.39 is 18.0 Å². The van der Waals surface area contributed by atoms with Gasteiger partial charge in [0.2, 0.25) is 11.7 Å². The van der Waals surface area contributed by atoms with Gasteiger partial charge in [-0.1, -0.05) is 48.0 Å². The molecule has 0 N–H and O–H groups in total. The number of aryl methyl sites for hydroxylation is 1. The number of hydrogen-bond donors (Lipinski definition) is 0. The molecule has 1 heterocycles. The van der Waals surface area contributed by atoms with Gasteiger partial charge in [0.1, 0.15) is 11.5 Å². The van der Waals surface area contributed by atoms with E-state index in [1.54, 1.807) is 60.4 Å². The van der Waals surface area contributed by atoms with Crippen molar-refractivity contribution >= 4 is 23.3 Å². The van der Waals surface area contributed by atoms with Gasteiger partial charge < -0.3 is 14.4 Å². The van der Waals surface area contributed by atoms with Gasteiger partial charge in [-0.05, 0) is 50.2 Å². The molecule has 0 spiro atoms. The molecule has 1 saturated heterocycles. The number of ketones is 1. The third-order valence-electron chi connectivity index (χ3n) is 5.58. The molecule has 168 valence electrons. The number of anilines is 1. The molecule has 0 aliphatic carbocycles. The minimum Gasteiger partial charge on any atom is -0.457 e. The second-order valence-electron chi connectivity index (χ2n) is 8.12. The quantitative estimate of drug-likeness (QED) is 0.381. The van der Waals surface area contributed by atoms with Gasteiger partial charge >= 0.3 is 5.97 Å². The number of rotatable bonds is 7. The summed E-state index contributed by atoms with van der Waals surface area (Å²) in [7, 11) is 0. The molecule has 6 heteroatoms. The Labute approximate surface area is 192 Å². The Hall–Kier alpha value is -3.93. The van der Waals surface area contributed by atoms with Crippen LogP contribution in [0.25, 0.3) is 0 Å². The Morgan fingerprint density at radius 3 is 2.15 bits per heavy atom. The van der Waals surface area contributed by atoms with Gasteiger partial charge in [0.15, 0.2) is 6.10 Å². The van der Waals surface area contributed by atoms with E-state index in [0.29, 0.717) is 17.0 Å². The predicted molar refractivity (Wildman–Crippen MR) is 124 cm³/mol. The van der Waals surface area contributed by atoms with Gasteiger partial charge in [0, 0.05) is 24.2 Å². The first-order valence-electron chi connectivity index (χ1n) is 10.9. The summed E-state index contributed by atoms with van der Waals surface area (Å²) in [5.41, 5.74) is 2.31. The zero-order valence-electron chi connectivity index (χ0n) is 18.6. The number of nitrogens with zero attached hydrogens (tertiary/aromatic N) is 1. The minimum atomic E-state index is -0.915. The number of benzene rings is 3. The number of carbonyl (C=O) groups is 3. The smallest absolute Gasteiger partial charge is 0.312 e. The van der Waals surface area contributed by atoms with Gasteiger partial charge in [-0.15, -0.1) is 0 Å². The van der Waals surface area contributed by atoms with Crippen molar-refractivity contribution in [2.24, 2.45) is 5.92 Å². The summed E-state index contributed by atoms with van der Waals surface area (Å²) in [4.78, 5) is 39.2. The van der Waals surface area contributed by atoms with Gasteiger partial charge in [-0.3, -0.25) is 14.4 Å². The highest BCUT2D eigenvalue weighted by Crippen LogP contribution is 2.29. The van der Waals surface area contributed by atoms with Crippen LogP contribution in [0, 0.1) is 12.8 Å². The first kappa shape index (κ1) is 22.3. The van der Waals surface area contributed by atoms with Crippen LogP contribution in [0.2, 0.25) is 0 Å². The highest BCUT2D eigenvalue weighted by molar-refractivity contribution is 6.02. The molecular formula is C27H25NO5. The molecule has 0 aromatic heterocycles. The summed E-state index contributed by atoms with van der Waals surface area (Å²) in [6.07, 6.45) is -0.866. The standard InChI is InChI=1S/C27H25NO5/c1-18-8-12-23(13-9-18)33-24-14-10-22(11-15-24)28-17-21(16-25(28)29)27(31)32-19(2)26(30)20-6-4-3-5-7-20/h3-15,19,21H,16-17H2,1-2H3/t19-,21-/m1/s1. The van der Waals surface area contributed by atoms with Crippen LogP contribution in [-0.2, 0) is 14.3 Å². The second kappa shape index (κ2) is 9.69. The summed E-state index contributed by atoms with van der Waals surface area (Å²) < 4.78 is 11.2. The maximum atomic E-state index is 12.6. The lowest BCUT2D eigenvalue weighted by atomic mass is 10.1. The highest BCUT2D eigenvalue weighted by atomic mass is 16.5. The first-order valence-corrected chi connectivity index (χ1v) is 10.9. The van der Waals surface area contributed by atoms with Crippen molar-refractivity contribution in [1.82, 2.24) is 0 Å². The number of carbonyl (C=O) groups excluding carboxylic acids is 3. The summed E-state index contributed by atoms with van der Waals surface area (Å²) in [5, 5.41) is 0. The highest BCUT2D eigenvalue weighted by Gasteiger charge is 2.37. The van der Waals surface area contributed by atoms with E-state index in [1.165, 1.54) is 0 Å². The topological polar surface area (TPSA) is 72.9 Å². The molecule has 1 amide bonds. The normalized spacial score (nSPS) is 16.4. The SMILES string of the molecule is Cc1ccc(Oc2ccc(N3C[C@H](C(=O)O[C@H](C)C(=O)c4ccccc4)CC3=O)cc2)cc1. The van der Waals surface area contributed by atoms with Crippen molar-refractivity contribution in [3.8, 4) is 11.5 Å². The Morgan fingerprint density at radius 1 is 0.909 bits per heavy atom. The van der Waals surface area contributed by atoms with Crippen molar-refractivity contribution in [2.75, 3.05) is 11.4 Å². The van der Waals surface area contributed by atoms with Crippen LogP contribution in [0.3, 0.4) is 0 Å². The summed E-state index contributed by atoms with van der Waals surface area (Å²) >= 11 is 0. The second-order valence-corrected chi connectivity index (χ2v) is 8.12. The lowest BCUT2D eigenvalue weighted by molar-refractivity contribution is -0.151. The number of ether oxygens (including phenoxy) is 2. The average molecular weight is 443 g/mol. The average Bonchev–Trinajstić information content (AvgIpc) is 3.23. The Balaban J connectivity index is 1.36. The Bertz CT molecular complexity index is 1140. The Kier molecular flexibility index (Phi) is 6.54. The van der Waals surface area contributed by atoms with Crippen LogP contribution in [0.5, 0.6) is 11.5 Å². The largest absolute Gasteiger partial charge is 0.457 e. The van der Waals surface area contributed by atoms with E-state index in [2.05, 4.69) is 0 Å². The van der Waals surface area contributed by atoms with E-state index >= 15 is 0 Å². The molecule has 1 fully saturated rings. The fourth-order valence-corrected chi connectivity index (χ4v) is 3.71. The first-order chi connectivity index (χ1) is 15.9. The van der Waals surface area contributed by atoms with Gasteiger partial charge in [-0.25, -0.2) is 0 Å². The molecule has 6 nitrogen and oxygen atoms in total. The van der Waals surface area contributed by atoms with E-state index in [9.17, 15) is 14.4 Å². The molecule has 1 aliphatic heterocycles. The monoisotopic (exact) mass is 443 g/mol. The van der Waals surface area contributed by atoms with Crippen molar-refractivity contribution in [3.63, 3.8) is 0 Å². The number of hydrogen-bond acceptors (Lipinski definition) is 5. The summed E-state index contributed by atoms with van der Waals surface area (Å²) in [6.45, 7) is 3.77. The van der Waals surface area contributed by atoms with E-state index in [1.807, 2.05) is 37.3 Å².